The molecule has 21 heavy (non-hydrogen) atoms. The highest BCUT2D eigenvalue weighted by Crippen LogP contribution is 2.23. The van der Waals surface area contributed by atoms with Crippen LogP contribution in [-0.2, 0) is 19.1 Å². The molecule has 1 saturated heterocycles. The van der Waals surface area contributed by atoms with Gasteiger partial charge in [0.05, 0.1) is 11.6 Å². The SMILES string of the molecule is Cc1cc(C#N)cc(NC=C2C(=O)OC(C)(C)OC2=O)c1. The Labute approximate surface area is 122 Å². The summed E-state index contributed by atoms with van der Waals surface area (Å²) in [6.07, 6.45) is 1.22. The van der Waals surface area contributed by atoms with Crippen molar-refractivity contribution in [3.63, 3.8) is 0 Å². The number of carbonyl (C=O) groups excluding carboxylic acids is 2. The van der Waals surface area contributed by atoms with Crippen LogP contribution in [0.3, 0.4) is 0 Å². The van der Waals surface area contributed by atoms with E-state index in [0.717, 1.165) is 5.56 Å². The van der Waals surface area contributed by atoms with Crippen molar-refractivity contribution in [1.29, 1.82) is 5.26 Å². The number of anilines is 1. The Morgan fingerprint density at radius 1 is 1.19 bits per heavy atom. The molecule has 0 aromatic heterocycles. The van der Waals surface area contributed by atoms with Crippen LogP contribution in [0.15, 0.2) is 30.0 Å². The maximum Gasteiger partial charge on any atom is 0.350 e. The number of aryl methyl sites for hydroxylation is 1. The number of carbonyl (C=O) groups is 2. The topological polar surface area (TPSA) is 88.4 Å². The molecule has 1 aliphatic heterocycles. The summed E-state index contributed by atoms with van der Waals surface area (Å²) in [5.74, 6) is -2.77. The lowest BCUT2D eigenvalue weighted by molar-refractivity contribution is -0.222. The molecular formula is C15H14N2O4. The highest BCUT2D eigenvalue weighted by atomic mass is 16.7. The van der Waals surface area contributed by atoms with Gasteiger partial charge in [0.15, 0.2) is 5.57 Å². The van der Waals surface area contributed by atoms with E-state index < -0.39 is 17.7 Å². The highest BCUT2D eigenvalue weighted by molar-refractivity contribution is 6.15. The Hall–Kier alpha value is -2.81. The molecule has 0 radical (unpaired) electrons. The minimum atomic E-state index is -1.26. The summed E-state index contributed by atoms with van der Waals surface area (Å²) in [5, 5.41) is 11.7. The van der Waals surface area contributed by atoms with E-state index in [1.165, 1.54) is 20.0 Å². The molecule has 0 aliphatic carbocycles. The maximum atomic E-state index is 11.7. The van der Waals surface area contributed by atoms with Gasteiger partial charge >= 0.3 is 11.9 Å². The van der Waals surface area contributed by atoms with Crippen LogP contribution in [0.2, 0.25) is 0 Å². The van der Waals surface area contributed by atoms with Crippen molar-refractivity contribution in [2.75, 3.05) is 5.32 Å². The summed E-state index contributed by atoms with van der Waals surface area (Å²) in [6, 6.07) is 7.14. The van der Waals surface area contributed by atoms with Gasteiger partial charge in [0.25, 0.3) is 5.79 Å². The second kappa shape index (κ2) is 5.29. The van der Waals surface area contributed by atoms with Gasteiger partial charge in [-0.15, -0.1) is 0 Å². The van der Waals surface area contributed by atoms with Crippen LogP contribution in [0.4, 0.5) is 5.69 Å². The quantitative estimate of drug-likeness (QED) is 0.508. The predicted molar refractivity (Wildman–Crippen MR) is 73.9 cm³/mol. The number of ether oxygens (including phenoxy) is 2. The van der Waals surface area contributed by atoms with Crippen molar-refractivity contribution in [2.45, 2.75) is 26.6 Å². The number of cyclic esters (lactones) is 2. The standard InChI is InChI=1S/C15H14N2O4/c1-9-4-10(7-16)6-11(5-9)17-8-12-13(18)20-15(2,3)21-14(12)19/h4-6,8,17H,1-3H3. The van der Waals surface area contributed by atoms with Crippen molar-refractivity contribution in [1.82, 2.24) is 0 Å². The zero-order valence-corrected chi connectivity index (χ0v) is 11.9. The minimum absolute atomic E-state index is 0.227. The van der Waals surface area contributed by atoms with Gasteiger partial charge in [0.2, 0.25) is 0 Å². The van der Waals surface area contributed by atoms with E-state index in [2.05, 4.69) is 5.32 Å². The Morgan fingerprint density at radius 3 is 2.38 bits per heavy atom. The molecule has 108 valence electrons. The van der Waals surface area contributed by atoms with Crippen molar-refractivity contribution in [2.24, 2.45) is 0 Å². The molecule has 1 aromatic rings. The largest absolute Gasteiger partial charge is 0.419 e. The minimum Gasteiger partial charge on any atom is -0.419 e. The molecule has 1 N–H and O–H groups in total. The molecule has 0 saturated carbocycles. The highest BCUT2D eigenvalue weighted by Gasteiger charge is 2.38. The average molecular weight is 286 g/mol. The number of hydrogen-bond acceptors (Lipinski definition) is 6. The number of benzene rings is 1. The average Bonchev–Trinajstić information content (AvgIpc) is 2.35. The van der Waals surface area contributed by atoms with Crippen LogP contribution >= 0.6 is 0 Å². The molecule has 1 aromatic carbocycles. The molecule has 0 unspecified atom stereocenters. The number of nitrogens with zero attached hydrogens (tertiary/aromatic N) is 1. The third kappa shape index (κ3) is 3.39. The van der Waals surface area contributed by atoms with Gasteiger partial charge in [-0.1, -0.05) is 0 Å². The third-order valence-corrected chi connectivity index (χ3v) is 2.71. The van der Waals surface area contributed by atoms with Crippen LogP contribution in [-0.4, -0.2) is 17.7 Å². The number of esters is 2. The maximum absolute atomic E-state index is 11.7. The van der Waals surface area contributed by atoms with E-state index in [0.29, 0.717) is 11.3 Å². The van der Waals surface area contributed by atoms with Crippen molar-refractivity contribution in [3.8, 4) is 6.07 Å². The summed E-state index contributed by atoms with van der Waals surface area (Å²) in [4.78, 5) is 23.5. The van der Waals surface area contributed by atoms with E-state index in [1.54, 1.807) is 18.2 Å². The summed E-state index contributed by atoms with van der Waals surface area (Å²) < 4.78 is 9.94. The number of nitrogens with one attached hydrogen (secondary N) is 1. The smallest absolute Gasteiger partial charge is 0.350 e. The lowest BCUT2D eigenvalue weighted by Crippen LogP contribution is -2.42. The zero-order valence-electron chi connectivity index (χ0n) is 11.9. The summed E-state index contributed by atoms with van der Waals surface area (Å²) in [7, 11) is 0. The van der Waals surface area contributed by atoms with Crippen LogP contribution in [0.5, 0.6) is 0 Å². The first-order valence-electron chi connectivity index (χ1n) is 6.26. The van der Waals surface area contributed by atoms with E-state index in [-0.39, 0.29) is 5.57 Å². The lowest BCUT2D eigenvalue weighted by atomic mass is 10.1. The number of nitriles is 1. The van der Waals surface area contributed by atoms with Crippen molar-refractivity contribution < 1.29 is 19.1 Å². The molecule has 6 nitrogen and oxygen atoms in total. The fraction of sp³-hybridized carbons (Fsp3) is 0.267. The number of hydrogen-bond donors (Lipinski definition) is 1. The molecule has 6 heteroatoms. The van der Waals surface area contributed by atoms with Crippen LogP contribution in [0, 0.1) is 18.3 Å². The van der Waals surface area contributed by atoms with E-state index in [1.807, 2.05) is 13.0 Å². The Balaban J connectivity index is 2.22. The molecule has 0 bridgehead atoms. The van der Waals surface area contributed by atoms with Crippen LogP contribution in [0.25, 0.3) is 0 Å². The van der Waals surface area contributed by atoms with Crippen molar-refractivity contribution >= 4 is 17.6 Å². The summed E-state index contributed by atoms with van der Waals surface area (Å²) in [5.41, 5.74) is 1.72. The van der Waals surface area contributed by atoms with E-state index >= 15 is 0 Å². The monoisotopic (exact) mass is 286 g/mol. The second-order valence-corrected chi connectivity index (χ2v) is 5.08. The van der Waals surface area contributed by atoms with Gasteiger partial charge in [-0.3, -0.25) is 0 Å². The predicted octanol–water partition coefficient (Wildman–Crippen LogP) is 2.00. The molecular weight excluding hydrogens is 272 g/mol. The molecule has 1 heterocycles. The number of rotatable bonds is 2. The molecule has 1 aliphatic rings. The first-order valence-corrected chi connectivity index (χ1v) is 6.26. The van der Waals surface area contributed by atoms with Gasteiger partial charge in [0, 0.05) is 25.7 Å². The van der Waals surface area contributed by atoms with Crippen LogP contribution in [0.1, 0.15) is 25.0 Å². The van der Waals surface area contributed by atoms with Gasteiger partial charge in [-0.25, -0.2) is 9.59 Å². The first-order chi connectivity index (χ1) is 9.80. The van der Waals surface area contributed by atoms with Crippen LogP contribution < -0.4 is 5.32 Å². The fourth-order valence-electron chi connectivity index (χ4n) is 1.86. The second-order valence-electron chi connectivity index (χ2n) is 5.08. The first kappa shape index (κ1) is 14.6. The molecule has 0 spiro atoms. The van der Waals surface area contributed by atoms with E-state index in [4.69, 9.17) is 14.7 Å². The summed E-state index contributed by atoms with van der Waals surface area (Å²) in [6.45, 7) is 4.80. The molecule has 0 atom stereocenters. The lowest BCUT2D eigenvalue weighted by Gasteiger charge is -2.29. The Morgan fingerprint density at radius 2 is 1.81 bits per heavy atom. The van der Waals surface area contributed by atoms with Gasteiger partial charge < -0.3 is 14.8 Å². The Kier molecular flexibility index (Phi) is 3.68. The molecule has 1 fully saturated rings. The molecule has 2 rings (SSSR count). The van der Waals surface area contributed by atoms with Gasteiger partial charge in [0.1, 0.15) is 0 Å². The Bertz CT molecular complexity index is 661. The molecule has 0 amide bonds. The van der Waals surface area contributed by atoms with E-state index in [9.17, 15) is 9.59 Å². The normalized spacial score (nSPS) is 16.6. The zero-order chi connectivity index (χ0) is 15.6. The summed E-state index contributed by atoms with van der Waals surface area (Å²) >= 11 is 0. The van der Waals surface area contributed by atoms with Gasteiger partial charge in [-0.2, -0.15) is 5.26 Å². The van der Waals surface area contributed by atoms with Gasteiger partial charge in [-0.05, 0) is 30.7 Å². The third-order valence-electron chi connectivity index (χ3n) is 2.71. The fourth-order valence-corrected chi connectivity index (χ4v) is 1.86. The van der Waals surface area contributed by atoms with Crippen molar-refractivity contribution in [3.05, 3.63) is 41.1 Å².